The van der Waals surface area contributed by atoms with E-state index in [0.717, 1.165) is 30.7 Å². The molecule has 2 aromatic rings. The fraction of sp³-hybridized carbons (Fsp3) is 0.600. The summed E-state index contributed by atoms with van der Waals surface area (Å²) in [5, 5.41) is 0. The van der Waals surface area contributed by atoms with E-state index in [4.69, 9.17) is 18.9 Å². The number of ether oxygens (including phenoxy) is 4. The van der Waals surface area contributed by atoms with E-state index in [9.17, 15) is 4.79 Å². The highest BCUT2D eigenvalue weighted by Crippen LogP contribution is 2.31. The molecule has 1 atom stereocenters. The van der Waals surface area contributed by atoms with Crippen LogP contribution in [0.2, 0.25) is 0 Å². The van der Waals surface area contributed by atoms with Crippen molar-refractivity contribution >= 4 is 6.09 Å². The van der Waals surface area contributed by atoms with Gasteiger partial charge < -0.3 is 18.9 Å². The van der Waals surface area contributed by atoms with Gasteiger partial charge in [-0.2, -0.15) is 0 Å². The summed E-state index contributed by atoms with van der Waals surface area (Å²) < 4.78 is 23.2. The molecule has 1 aliphatic heterocycles. The summed E-state index contributed by atoms with van der Waals surface area (Å²) >= 11 is 0. The quantitative estimate of drug-likeness (QED) is 0.504. The Balaban J connectivity index is 1.70. The van der Waals surface area contributed by atoms with Crippen LogP contribution in [0.1, 0.15) is 63.9 Å². The third kappa shape index (κ3) is 7.03. The highest BCUT2D eigenvalue weighted by Gasteiger charge is 2.31. The molecule has 0 bridgehead atoms. The Morgan fingerprint density at radius 3 is 2.56 bits per heavy atom. The summed E-state index contributed by atoms with van der Waals surface area (Å²) in [5.41, 5.74) is 2.36. The van der Waals surface area contributed by atoms with E-state index >= 15 is 0 Å². The number of piperidine rings is 1. The minimum absolute atomic E-state index is 0.193. The van der Waals surface area contributed by atoms with E-state index in [2.05, 4.69) is 15.0 Å². The number of hydrogen-bond acceptors (Lipinski definition) is 8. The lowest BCUT2D eigenvalue weighted by Crippen LogP contribution is -2.47. The molecule has 1 fully saturated rings. The highest BCUT2D eigenvalue weighted by molar-refractivity contribution is 5.68. The first-order valence-corrected chi connectivity index (χ1v) is 12.0. The van der Waals surface area contributed by atoms with Crippen LogP contribution in [0.3, 0.4) is 0 Å². The van der Waals surface area contributed by atoms with Gasteiger partial charge in [-0.05, 0) is 66.5 Å². The second-order valence-corrected chi connectivity index (χ2v) is 8.96. The predicted molar refractivity (Wildman–Crippen MR) is 127 cm³/mol. The van der Waals surface area contributed by atoms with Gasteiger partial charge in [0, 0.05) is 25.1 Å². The zero-order valence-corrected chi connectivity index (χ0v) is 21.0. The number of carbonyl (C=O) groups excluding carboxylic acids is 1. The van der Waals surface area contributed by atoms with E-state index in [1.165, 1.54) is 6.33 Å². The van der Waals surface area contributed by atoms with Gasteiger partial charge in [-0.25, -0.2) is 14.8 Å². The summed E-state index contributed by atoms with van der Waals surface area (Å²) in [6, 6.07) is 3.82. The molecule has 9 nitrogen and oxygen atoms in total. The van der Waals surface area contributed by atoms with Crippen LogP contribution in [-0.2, 0) is 15.9 Å². The van der Waals surface area contributed by atoms with Crippen molar-refractivity contribution in [3.63, 3.8) is 0 Å². The first-order valence-electron chi connectivity index (χ1n) is 12.0. The molecule has 1 aliphatic rings. The molecule has 186 valence electrons. The lowest BCUT2D eigenvalue weighted by atomic mass is 10.1. The van der Waals surface area contributed by atoms with Crippen molar-refractivity contribution in [1.29, 1.82) is 0 Å². The molecule has 1 unspecified atom stereocenters. The molecule has 3 heterocycles. The standard InChI is InChI=1S/C25H36N4O5/c1-16(2)31-14-12-20-10-11-21(19(6)28-20)33-23-18(5)24(27-15-26-23)34-22-9-7-8-13-29(22)25(30)32-17(3)4/h10-11,15-17,22H,7-9,12-14H2,1-6H3. The zero-order chi connectivity index (χ0) is 24.7. The number of carbonyl (C=O) groups is 1. The van der Waals surface area contributed by atoms with E-state index in [-0.39, 0.29) is 18.3 Å². The molecule has 0 radical (unpaired) electrons. The Labute approximate surface area is 201 Å². The maximum Gasteiger partial charge on any atom is 0.412 e. The van der Waals surface area contributed by atoms with Crippen LogP contribution in [0.15, 0.2) is 18.5 Å². The van der Waals surface area contributed by atoms with Gasteiger partial charge in [-0.1, -0.05) is 0 Å². The smallest absolute Gasteiger partial charge is 0.412 e. The summed E-state index contributed by atoms with van der Waals surface area (Å²) in [5.74, 6) is 1.38. The Morgan fingerprint density at radius 1 is 1.09 bits per heavy atom. The molecule has 0 aromatic carbocycles. The van der Waals surface area contributed by atoms with Crippen LogP contribution in [0, 0.1) is 13.8 Å². The second-order valence-electron chi connectivity index (χ2n) is 8.96. The van der Waals surface area contributed by atoms with Gasteiger partial charge in [0.2, 0.25) is 11.8 Å². The largest absolute Gasteiger partial charge is 0.453 e. The normalized spacial score (nSPS) is 16.1. The lowest BCUT2D eigenvalue weighted by Gasteiger charge is -2.35. The highest BCUT2D eigenvalue weighted by atomic mass is 16.6. The van der Waals surface area contributed by atoms with E-state index in [1.807, 2.05) is 53.7 Å². The predicted octanol–water partition coefficient (Wildman–Crippen LogP) is 4.98. The molecule has 1 saturated heterocycles. The molecular weight excluding hydrogens is 436 g/mol. The van der Waals surface area contributed by atoms with Crippen LogP contribution in [0.4, 0.5) is 4.79 Å². The number of aromatic nitrogens is 3. The Kier molecular flexibility index (Phi) is 9.04. The number of hydrogen-bond donors (Lipinski definition) is 0. The maximum atomic E-state index is 12.5. The van der Waals surface area contributed by atoms with Crippen molar-refractivity contribution in [1.82, 2.24) is 19.9 Å². The Bertz CT molecular complexity index is 966. The summed E-state index contributed by atoms with van der Waals surface area (Å²) in [6.07, 6.45) is 3.90. The number of pyridine rings is 1. The third-order valence-corrected chi connectivity index (χ3v) is 5.37. The molecular formula is C25H36N4O5. The van der Waals surface area contributed by atoms with Gasteiger partial charge >= 0.3 is 6.09 Å². The summed E-state index contributed by atoms with van der Waals surface area (Å²) in [6.45, 7) is 12.6. The van der Waals surface area contributed by atoms with Crippen molar-refractivity contribution in [2.45, 2.75) is 85.7 Å². The first kappa shape index (κ1) is 25.7. The molecule has 2 aromatic heterocycles. The first-order chi connectivity index (χ1) is 16.2. The monoisotopic (exact) mass is 472 g/mol. The molecule has 1 amide bonds. The summed E-state index contributed by atoms with van der Waals surface area (Å²) in [7, 11) is 0. The van der Waals surface area contributed by atoms with Gasteiger partial charge in [-0.3, -0.25) is 9.88 Å². The van der Waals surface area contributed by atoms with Crippen LogP contribution in [0.5, 0.6) is 17.5 Å². The molecule has 0 saturated carbocycles. The number of amides is 1. The van der Waals surface area contributed by atoms with Crippen molar-refractivity contribution in [3.8, 4) is 17.5 Å². The zero-order valence-electron chi connectivity index (χ0n) is 21.0. The van der Waals surface area contributed by atoms with Gasteiger partial charge in [-0.15, -0.1) is 0 Å². The van der Waals surface area contributed by atoms with E-state index in [0.29, 0.717) is 42.6 Å². The molecule has 0 aliphatic carbocycles. The maximum absolute atomic E-state index is 12.5. The average Bonchev–Trinajstić information content (AvgIpc) is 2.77. The molecule has 9 heteroatoms. The summed E-state index contributed by atoms with van der Waals surface area (Å²) in [4.78, 5) is 27.4. The van der Waals surface area contributed by atoms with Crippen LogP contribution < -0.4 is 9.47 Å². The lowest BCUT2D eigenvalue weighted by molar-refractivity contribution is -0.0167. The molecule has 3 rings (SSSR count). The topological polar surface area (TPSA) is 95.9 Å². The number of rotatable bonds is 9. The van der Waals surface area contributed by atoms with Crippen molar-refractivity contribution < 1.29 is 23.7 Å². The number of aryl methyl sites for hydroxylation is 1. The molecule has 34 heavy (non-hydrogen) atoms. The van der Waals surface area contributed by atoms with Crippen LogP contribution in [0.25, 0.3) is 0 Å². The van der Waals surface area contributed by atoms with Crippen molar-refractivity contribution in [2.75, 3.05) is 13.2 Å². The third-order valence-electron chi connectivity index (χ3n) is 5.37. The molecule has 0 spiro atoms. The minimum Gasteiger partial charge on any atom is -0.453 e. The van der Waals surface area contributed by atoms with Crippen LogP contribution in [-0.4, -0.2) is 57.5 Å². The number of nitrogens with zero attached hydrogens (tertiary/aromatic N) is 4. The van der Waals surface area contributed by atoms with Gasteiger partial charge in [0.15, 0.2) is 12.0 Å². The van der Waals surface area contributed by atoms with Gasteiger partial charge in [0.1, 0.15) is 6.33 Å². The second kappa shape index (κ2) is 12.0. The van der Waals surface area contributed by atoms with Crippen molar-refractivity contribution in [3.05, 3.63) is 35.4 Å². The fourth-order valence-corrected chi connectivity index (χ4v) is 3.62. The SMILES string of the molecule is Cc1nc(CCOC(C)C)ccc1Oc1ncnc(OC2CCCCN2C(=O)OC(C)C)c1C. The van der Waals surface area contributed by atoms with E-state index in [1.54, 1.807) is 4.90 Å². The van der Waals surface area contributed by atoms with Crippen LogP contribution >= 0.6 is 0 Å². The minimum atomic E-state index is -0.447. The Hall–Kier alpha value is -2.94. The van der Waals surface area contributed by atoms with E-state index < -0.39 is 6.23 Å². The molecule has 0 N–H and O–H groups in total. The number of likely N-dealkylation sites (tertiary alicyclic amines) is 1. The average molecular weight is 473 g/mol. The van der Waals surface area contributed by atoms with Gasteiger partial charge in [0.05, 0.1) is 30.1 Å². The fourth-order valence-electron chi connectivity index (χ4n) is 3.62. The van der Waals surface area contributed by atoms with Gasteiger partial charge in [0.25, 0.3) is 0 Å². The Morgan fingerprint density at radius 2 is 1.85 bits per heavy atom. The van der Waals surface area contributed by atoms with Crippen molar-refractivity contribution in [2.24, 2.45) is 0 Å².